The van der Waals surface area contributed by atoms with E-state index in [4.69, 9.17) is 9.47 Å². The van der Waals surface area contributed by atoms with Crippen LogP contribution in [0.4, 0.5) is 23.0 Å². The second kappa shape index (κ2) is 10.5. The topological polar surface area (TPSA) is 178 Å². The van der Waals surface area contributed by atoms with Crippen LogP contribution >= 0.6 is 0 Å². The Bertz CT molecular complexity index is 1380. The third-order valence-corrected chi connectivity index (χ3v) is 6.14. The van der Waals surface area contributed by atoms with E-state index < -0.39 is 15.8 Å². The van der Waals surface area contributed by atoms with Crippen molar-refractivity contribution in [3.05, 3.63) is 80.1 Å². The molecule has 38 heavy (non-hydrogen) atoms. The molecule has 0 bridgehead atoms. The van der Waals surface area contributed by atoms with Crippen LogP contribution in [0.15, 0.2) is 48.8 Å². The molecule has 1 saturated heterocycles. The van der Waals surface area contributed by atoms with Gasteiger partial charge in [-0.1, -0.05) is 6.07 Å². The van der Waals surface area contributed by atoms with Crippen LogP contribution in [0.5, 0.6) is 11.5 Å². The van der Waals surface area contributed by atoms with E-state index in [0.29, 0.717) is 32.7 Å². The lowest BCUT2D eigenvalue weighted by Gasteiger charge is -2.35. The lowest BCUT2D eigenvalue weighted by molar-refractivity contribution is -0.384. The van der Waals surface area contributed by atoms with Crippen molar-refractivity contribution in [3.63, 3.8) is 0 Å². The Labute approximate surface area is 215 Å². The molecule has 5 rings (SSSR count). The van der Waals surface area contributed by atoms with Crippen LogP contribution in [-0.2, 0) is 6.54 Å². The number of hydrogen-bond donors (Lipinski definition) is 2. The highest BCUT2D eigenvalue weighted by molar-refractivity contribution is 5.95. The molecule has 3 aromatic rings. The molecule has 0 aliphatic carbocycles. The van der Waals surface area contributed by atoms with Gasteiger partial charge in [-0.25, -0.2) is 9.97 Å². The molecule has 196 valence electrons. The van der Waals surface area contributed by atoms with E-state index in [9.17, 15) is 25.0 Å². The predicted octanol–water partition coefficient (Wildman–Crippen LogP) is 2.10. The number of hydrazine groups is 1. The summed E-state index contributed by atoms with van der Waals surface area (Å²) in [5, 5.41) is 22.7. The summed E-state index contributed by atoms with van der Waals surface area (Å²) < 4.78 is 10.8. The van der Waals surface area contributed by atoms with Gasteiger partial charge in [-0.15, -0.1) is 0 Å². The number of hydrogen-bond acceptors (Lipinski definition) is 12. The number of nitrogens with zero attached hydrogens (tertiary/aromatic N) is 6. The maximum atomic E-state index is 12.4. The first-order valence-corrected chi connectivity index (χ1v) is 11.5. The van der Waals surface area contributed by atoms with Gasteiger partial charge in [0.25, 0.3) is 11.6 Å². The number of non-ortho nitro benzene ring substituents is 1. The third-order valence-electron chi connectivity index (χ3n) is 6.14. The molecule has 15 heteroatoms. The Morgan fingerprint density at radius 1 is 0.947 bits per heavy atom. The summed E-state index contributed by atoms with van der Waals surface area (Å²) >= 11 is 0. The molecule has 1 fully saturated rings. The molecule has 0 unspecified atom stereocenters. The van der Waals surface area contributed by atoms with Crippen molar-refractivity contribution >= 4 is 28.9 Å². The Morgan fingerprint density at radius 3 is 2.39 bits per heavy atom. The van der Waals surface area contributed by atoms with Gasteiger partial charge in [0.05, 0.1) is 9.85 Å². The van der Waals surface area contributed by atoms with Crippen LogP contribution in [0.2, 0.25) is 0 Å². The highest BCUT2D eigenvalue weighted by atomic mass is 16.7. The molecule has 2 aliphatic heterocycles. The van der Waals surface area contributed by atoms with E-state index >= 15 is 0 Å². The molecule has 2 aliphatic rings. The number of nitro benzene ring substituents is 1. The van der Waals surface area contributed by atoms with Crippen molar-refractivity contribution in [2.24, 2.45) is 0 Å². The lowest BCUT2D eigenvalue weighted by Crippen LogP contribution is -2.46. The van der Waals surface area contributed by atoms with Gasteiger partial charge in [-0.05, 0) is 29.8 Å². The number of rotatable bonds is 8. The minimum atomic E-state index is -0.647. The molecular formula is C23H22N8O7. The average molecular weight is 522 g/mol. The summed E-state index contributed by atoms with van der Waals surface area (Å²) in [5.74, 6) is 0.755. The number of carbonyl (C=O) groups excluding carboxylic acids is 1. The lowest BCUT2D eigenvalue weighted by atomic mass is 10.1. The number of nitrogens with one attached hydrogen (secondary N) is 2. The normalized spacial score (nSPS) is 14.7. The van der Waals surface area contributed by atoms with Gasteiger partial charge in [0.1, 0.15) is 6.33 Å². The standard InChI is InChI=1S/C23H22N8O7/c32-23(16-2-4-17(5-3-16)30(33)34)27-26-21-20(31(35)36)22(25-13-24-21)29-9-7-28(8-10-29)12-15-1-6-18-19(11-15)38-14-37-18/h1-6,11,13H,7-10,12,14H2,(H,27,32)(H,24,25,26). The maximum Gasteiger partial charge on any atom is 0.355 e. The van der Waals surface area contributed by atoms with Crippen molar-refractivity contribution in [1.82, 2.24) is 20.3 Å². The summed E-state index contributed by atoms with van der Waals surface area (Å²) in [5.41, 5.74) is 5.49. The second-order valence-electron chi connectivity index (χ2n) is 8.49. The molecule has 3 heterocycles. The van der Waals surface area contributed by atoms with Gasteiger partial charge >= 0.3 is 5.69 Å². The highest BCUT2D eigenvalue weighted by Crippen LogP contribution is 2.34. The third kappa shape index (κ3) is 5.22. The largest absolute Gasteiger partial charge is 0.454 e. The number of fused-ring (bicyclic) bond motifs is 1. The fraction of sp³-hybridized carbons (Fsp3) is 0.261. The van der Waals surface area contributed by atoms with Crippen LogP contribution in [0, 0.1) is 20.2 Å². The molecule has 1 amide bonds. The zero-order valence-electron chi connectivity index (χ0n) is 19.9. The minimum absolute atomic E-state index is 0.124. The van der Waals surface area contributed by atoms with Crippen LogP contribution in [-0.4, -0.2) is 63.6 Å². The van der Waals surface area contributed by atoms with Gasteiger partial charge in [-0.3, -0.25) is 40.8 Å². The number of piperazine rings is 1. The molecule has 1 aromatic heterocycles. The number of nitro groups is 2. The summed E-state index contributed by atoms with van der Waals surface area (Å²) in [4.78, 5) is 46.1. The number of amides is 1. The molecule has 2 aromatic carbocycles. The van der Waals surface area contributed by atoms with E-state index in [1.165, 1.54) is 30.6 Å². The Morgan fingerprint density at radius 2 is 1.68 bits per heavy atom. The SMILES string of the molecule is O=C(NNc1ncnc(N2CCN(Cc3ccc4c(c3)OCO4)CC2)c1[N+](=O)[O-])c1ccc([N+](=O)[O-])cc1. The smallest absolute Gasteiger partial charge is 0.355 e. The highest BCUT2D eigenvalue weighted by Gasteiger charge is 2.30. The van der Waals surface area contributed by atoms with Crippen LogP contribution in [0.3, 0.4) is 0 Å². The van der Waals surface area contributed by atoms with Gasteiger partial charge in [0.2, 0.25) is 18.4 Å². The molecule has 0 atom stereocenters. The van der Waals surface area contributed by atoms with Crippen LogP contribution < -0.4 is 25.2 Å². The van der Waals surface area contributed by atoms with Gasteiger partial charge < -0.3 is 14.4 Å². The summed E-state index contributed by atoms with van der Waals surface area (Å²) in [7, 11) is 0. The van der Waals surface area contributed by atoms with Gasteiger partial charge in [0, 0.05) is 50.4 Å². The predicted molar refractivity (Wildman–Crippen MR) is 133 cm³/mol. The van der Waals surface area contributed by atoms with Crippen molar-refractivity contribution in [1.29, 1.82) is 0 Å². The van der Waals surface area contributed by atoms with E-state index in [2.05, 4.69) is 25.7 Å². The van der Waals surface area contributed by atoms with E-state index in [0.717, 1.165) is 17.1 Å². The number of ether oxygens (including phenoxy) is 2. The zero-order valence-corrected chi connectivity index (χ0v) is 19.9. The minimum Gasteiger partial charge on any atom is -0.454 e. The Kier molecular flexibility index (Phi) is 6.82. The fourth-order valence-electron chi connectivity index (χ4n) is 4.20. The Balaban J connectivity index is 1.23. The second-order valence-corrected chi connectivity index (χ2v) is 8.49. The van der Waals surface area contributed by atoms with Gasteiger partial charge in [0.15, 0.2) is 11.5 Å². The van der Waals surface area contributed by atoms with Crippen molar-refractivity contribution < 1.29 is 24.1 Å². The maximum absolute atomic E-state index is 12.4. The molecular weight excluding hydrogens is 500 g/mol. The van der Waals surface area contributed by atoms with E-state index in [-0.39, 0.29) is 35.4 Å². The van der Waals surface area contributed by atoms with Crippen LogP contribution in [0.1, 0.15) is 15.9 Å². The van der Waals surface area contributed by atoms with E-state index in [1.54, 1.807) is 4.90 Å². The quantitative estimate of drug-likeness (QED) is 0.326. The molecule has 15 nitrogen and oxygen atoms in total. The average Bonchev–Trinajstić information content (AvgIpc) is 3.40. The number of benzene rings is 2. The first-order chi connectivity index (χ1) is 18.4. The molecule has 0 spiro atoms. The Hall–Kier alpha value is -5.05. The monoisotopic (exact) mass is 522 g/mol. The van der Waals surface area contributed by atoms with E-state index in [1.807, 2.05) is 18.2 Å². The fourth-order valence-corrected chi connectivity index (χ4v) is 4.20. The number of anilines is 2. The van der Waals surface area contributed by atoms with Gasteiger partial charge in [-0.2, -0.15) is 0 Å². The number of aromatic nitrogens is 2. The summed E-state index contributed by atoms with van der Waals surface area (Å²) in [6.45, 7) is 3.20. The molecule has 0 saturated carbocycles. The van der Waals surface area contributed by atoms with Crippen molar-refractivity contribution in [3.8, 4) is 11.5 Å². The summed E-state index contributed by atoms with van der Waals surface area (Å²) in [6.07, 6.45) is 1.18. The number of carbonyl (C=O) groups is 1. The van der Waals surface area contributed by atoms with Crippen LogP contribution in [0.25, 0.3) is 0 Å². The first-order valence-electron chi connectivity index (χ1n) is 11.5. The molecule has 2 N–H and O–H groups in total. The molecule has 0 radical (unpaired) electrons. The van der Waals surface area contributed by atoms with Crippen molar-refractivity contribution in [2.75, 3.05) is 43.3 Å². The first kappa shape index (κ1) is 24.6. The zero-order chi connectivity index (χ0) is 26.6. The summed E-state index contributed by atoms with van der Waals surface area (Å²) in [6, 6.07) is 10.7. The van der Waals surface area contributed by atoms with Crippen molar-refractivity contribution in [2.45, 2.75) is 6.54 Å².